The van der Waals surface area contributed by atoms with Gasteiger partial charge in [-0.1, -0.05) is 57.2 Å². The summed E-state index contributed by atoms with van der Waals surface area (Å²) in [4.78, 5) is 0. The molecule has 3 fully saturated rings. The molecule has 2 bridgehead atoms. The molecule has 3 aromatic rings. The molecule has 4 atom stereocenters. The molecule has 0 radical (unpaired) electrons. The Labute approximate surface area is 155 Å². The predicted molar refractivity (Wildman–Crippen MR) is 106 cm³/mol. The topological polar surface area (TPSA) is 35.5 Å². The molecule has 136 valence electrons. The highest BCUT2D eigenvalue weighted by Gasteiger charge is 2.57. The SMILES string of the molecule is C[C@@H]1[C@H]2C[C@@H](C[C@H]1Op1oc3ccccc3c3ccccc3o1)C2(C)C. The molecule has 0 saturated heterocycles. The molecule has 0 aliphatic heterocycles. The Morgan fingerprint density at radius 3 is 2.04 bits per heavy atom. The van der Waals surface area contributed by atoms with Crippen LogP contribution in [0.15, 0.2) is 56.9 Å². The maximum absolute atomic E-state index is 6.45. The number of fused-ring (bicyclic) bond motifs is 5. The van der Waals surface area contributed by atoms with Gasteiger partial charge in [0, 0.05) is 10.8 Å². The number of hydrogen-bond donors (Lipinski definition) is 0. The first-order chi connectivity index (χ1) is 12.5. The average Bonchev–Trinajstić information content (AvgIpc) is 2.79. The maximum atomic E-state index is 6.45. The third-order valence-corrected chi connectivity index (χ3v) is 8.05. The number of rotatable bonds is 2. The van der Waals surface area contributed by atoms with E-state index in [1.165, 1.54) is 6.42 Å². The van der Waals surface area contributed by atoms with Gasteiger partial charge in [-0.25, -0.2) is 0 Å². The van der Waals surface area contributed by atoms with Gasteiger partial charge in [-0.2, -0.15) is 0 Å². The summed E-state index contributed by atoms with van der Waals surface area (Å²) >= 11 is 0. The van der Waals surface area contributed by atoms with Crippen molar-refractivity contribution in [1.29, 1.82) is 0 Å². The smallest absolute Gasteiger partial charge is 0.387 e. The van der Waals surface area contributed by atoms with E-state index in [1.807, 2.05) is 36.4 Å². The zero-order chi connectivity index (χ0) is 17.9. The molecule has 26 heavy (non-hydrogen) atoms. The molecule has 6 rings (SSSR count). The summed E-state index contributed by atoms with van der Waals surface area (Å²) in [6, 6.07) is 16.2. The van der Waals surface area contributed by atoms with E-state index in [0.717, 1.165) is 40.2 Å². The van der Waals surface area contributed by atoms with Crippen molar-refractivity contribution in [2.45, 2.75) is 39.7 Å². The van der Waals surface area contributed by atoms with Crippen LogP contribution in [0.1, 0.15) is 33.6 Å². The van der Waals surface area contributed by atoms with Gasteiger partial charge in [0.25, 0.3) is 0 Å². The van der Waals surface area contributed by atoms with Gasteiger partial charge in [0.05, 0.1) is 6.10 Å². The van der Waals surface area contributed by atoms with E-state index in [1.54, 1.807) is 0 Å². The summed E-state index contributed by atoms with van der Waals surface area (Å²) in [6.45, 7) is 7.16. The molecule has 3 saturated carbocycles. The molecule has 0 unspecified atom stereocenters. The van der Waals surface area contributed by atoms with Crippen LogP contribution < -0.4 is 4.52 Å². The lowest BCUT2D eigenvalue weighted by Crippen LogP contribution is -2.57. The first-order valence-electron chi connectivity index (χ1n) is 9.55. The first-order valence-corrected chi connectivity index (χ1v) is 10.6. The number of benzene rings is 2. The number of para-hydroxylation sites is 2. The molecule has 3 nitrogen and oxygen atoms in total. The van der Waals surface area contributed by atoms with Crippen molar-refractivity contribution in [3.05, 3.63) is 48.5 Å². The van der Waals surface area contributed by atoms with Gasteiger partial charge < -0.3 is 8.39 Å². The van der Waals surface area contributed by atoms with E-state index < -0.39 is 8.24 Å². The second kappa shape index (κ2) is 5.90. The van der Waals surface area contributed by atoms with Gasteiger partial charge >= 0.3 is 8.24 Å². The highest BCUT2D eigenvalue weighted by atomic mass is 31.1. The van der Waals surface area contributed by atoms with Gasteiger partial charge in [0.1, 0.15) is 11.2 Å². The Balaban J connectivity index is 1.57. The quantitative estimate of drug-likeness (QED) is 0.499. The standard InChI is InChI=1S/C22H25O3P/c1-14-18-12-15(22(18,2)3)13-21(14)25-26-23-19-10-6-4-8-16(19)17-9-5-7-11-20(17)24-26/h4-11,14-15,18,21H,12-13H2,1-3H3/t14-,15+,18-,21-/m1/s1. The molecule has 0 amide bonds. The fraction of sp³-hybridized carbons (Fsp3) is 0.455. The molecule has 4 heteroatoms. The van der Waals surface area contributed by atoms with E-state index in [-0.39, 0.29) is 6.10 Å². The summed E-state index contributed by atoms with van der Waals surface area (Å²) in [7, 11) is -1.45. The summed E-state index contributed by atoms with van der Waals surface area (Å²) in [6.07, 6.45) is 2.68. The van der Waals surface area contributed by atoms with Crippen molar-refractivity contribution in [2.24, 2.45) is 23.2 Å². The summed E-state index contributed by atoms with van der Waals surface area (Å²) in [5, 5.41) is 2.13. The van der Waals surface area contributed by atoms with Crippen molar-refractivity contribution < 1.29 is 12.9 Å². The van der Waals surface area contributed by atoms with Crippen LogP contribution in [0.4, 0.5) is 0 Å². The summed E-state index contributed by atoms with van der Waals surface area (Å²) in [5.74, 6) is 2.04. The molecule has 0 N–H and O–H groups in total. The van der Waals surface area contributed by atoms with Crippen LogP contribution in [0.3, 0.4) is 0 Å². The molecule has 1 heterocycles. The van der Waals surface area contributed by atoms with Gasteiger partial charge in [-0.05, 0) is 48.1 Å². The lowest BCUT2D eigenvalue weighted by Gasteiger charge is -2.61. The fourth-order valence-electron chi connectivity index (χ4n) is 5.11. The molecular formula is C22H25O3P. The molecule has 2 aromatic carbocycles. The van der Waals surface area contributed by atoms with E-state index >= 15 is 0 Å². The molecule has 3 aliphatic rings. The van der Waals surface area contributed by atoms with Crippen LogP contribution in [0.5, 0.6) is 0 Å². The second-order valence-corrected chi connectivity index (χ2v) is 9.52. The van der Waals surface area contributed by atoms with Crippen molar-refractivity contribution in [1.82, 2.24) is 0 Å². The lowest BCUT2D eigenvalue weighted by molar-refractivity contribution is -0.139. The van der Waals surface area contributed by atoms with Crippen molar-refractivity contribution >= 4 is 30.2 Å². The lowest BCUT2D eigenvalue weighted by atomic mass is 9.45. The monoisotopic (exact) mass is 368 g/mol. The third-order valence-electron chi connectivity index (χ3n) is 6.92. The van der Waals surface area contributed by atoms with Gasteiger partial charge in [-0.3, -0.25) is 4.52 Å². The van der Waals surface area contributed by atoms with Crippen LogP contribution in [-0.2, 0) is 0 Å². The zero-order valence-corrected chi connectivity index (χ0v) is 16.4. The van der Waals surface area contributed by atoms with E-state index in [0.29, 0.717) is 11.3 Å². The minimum Gasteiger partial charge on any atom is -0.399 e. The number of hydrogen-bond acceptors (Lipinski definition) is 3. The molecular weight excluding hydrogens is 343 g/mol. The summed E-state index contributed by atoms with van der Waals surface area (Å²) in [5.41, 5.74) is 2.15. The van der Waals surface area contributed by atoms with E-state index in [4.69, 9.17) is 12.9 Å². The third kappa shape index (κ3) is 2.45. The van der Waals surface area contributed by atoms with Crippen molar-refractivity contribution in [3.8, 4) is 0 Å². The highest BCUT2D eigenvalue weighted by Crippen LogP contribution is 2.62. The van der Waals surface area contributed by atoms with Crippen LogP contribution in [0, 0.1) is 23.2 Å². The van der Waals surface area contributed by atoms with Crippen molar-refractivity contribution in [2.75, 3.05) is 0 Å². The predicted octanol–water partition coefficient (Wildman–Crippen LogP) is 6.79. The minimum atomic E-state index is -1.45. The van der Waals surface area contributed by atoms with Crippen LogP contribution in [-0.4, -0.2) is 6.10 Å². The Morgan fingerprint density at radius 2 is 1.50 bits per heavy atom. The molecule has 3 aliphatic carbocycles. The molecule has 1 aromatic heterocycles. The second-order valence-electron chi connectivity index (χ2n) is 8.50. The normalized spacial score (nSPS) is 29.5. The Kier molecular flexibility index (Phi) is 3.74. The fourth-order valence-corrected chi connectivity index (χ4v) is 6.37. The highest BCUT2D eigenvalue weighted by molar-refractivity contribution is 7.31. The van der Waals surface area contributed by atoms with Gasteiger partial charge in [0.15, 0.2) is 0 Å². The van der Waals surface area contributed by atoms with Crippen molar-refractivity contribution in [3.63, 3.8) is 0 Å². The van der Waals surface area contributed by atoms with Crippen LogP contribution in [0.2, 0.25) is 0 Å². The van der Waals surface area contributed by atoms with Crippen LogP contribution >= 0.6 is 8.24 Å². The van der Waals surface area contributed by atoms with Crippen LogP contribution in [0.25, 0.3) is 21.9 Å². The maximum Gasteiger partial charge on any atom is 0.387 e. The Bertz CT molecular complexity index is 948. The van der Waals surface area contributed by atoms with E-state index in [9.17, 15) is 0 Å². The zero-order valence-electron chi connectivity index (χ0n) is 15.5. The first kappa shape index (κ1) is 16.5. The minimum absolute atomic E-state index is 0.218. The average molecular weight is 368 g/mol. The molecule has 0 spiro atoms. The Hall–Kier alpha value is -1.70. The Morgan fingerprint density at radius 1 is 0.923 bits per heavy atom. The summed E-state index contributed by atoms with van der Waals surface area (Å²) < 4.78 is 18.9. The van der Waals surface area contributed by atoms with E-state index in [2.05, 4.69) is 32.9 Å². The largest absolute Gasteiger partial charge is 0.399 e. The van der Waals surface area contributed by atoms with Gasteiger partial charge in [0.2, 0.25) is 0 Å². The van der Waals surface area contributed by atoms with Gasteiger partial charge in [-0.15, -0.1) is 0 Å².